The van der Waals surface area contributed by atoms with Gasteiger partial charge in [0.05, 0.1) is 13.2 Å². The number of morpholine rings is 1. The highest BCUT2D eigenvalue weighted by molar-refractivity contribution is 5.27. The van der Waals surface area contributed by atoms with Crippen LogP contribution < -0.4 is 10.1 Å². The third-order valence-corrected chi connectivity index (χ3v) is 3.53. The second-order valence-electron chi connectivity index (χ2n) is 6.55. The summed E-state index contributed by atoms with van der Waals surface area (Å²) in [4.78, 5) is 2.38. The van der Waals surface area contributed by atoms with E-state index in [1.165, 1.54) is 5.56 Å². The molecule has 21 heavy (non-hydrogen) atoms. The van der Waals surface area contributed by atoms with E-state index in [0.29, 0.717) is 0 Å². The molecule has 1 saturated heterocycles. The van der Waals surface area contributed by atoms with Gasteiger partial charge < -0.3 is 14.8 Å². The fourth-order valence-electron chi connectivity index (χ4n) is 2.19. The molecule has 4 nitrogen and oxygen atoms in total. The number of nitrogens with one attached hydrogen (secondary N) is 1. The lowest BCUT2D eigenvalue weighted by Gasteiger charge is -2.26. The number of hydrogen-bond acceptors (Lipinski definition) is 4. The predicted octanol–water partition coefficient (Wildman–Crippen LogP) is 2.29. The lowest BCUT2D eigenvalue weighted by molar-refractivity contribution is 0.0322. The summed E-state index contributed by atoms with van der Waals surface area (Å²) in [5.41, 5.74) is 1.43. The van der Waals surface area contributed by atoms with Crippen molar-refractivity contribution in [2.45, 2.75) is 32.9 Å². The fourth-order valence-corrected chi connectivity index (χ4v) is 2.19. The summed E-state index contributed by atoms with van der Waals surface area (Å²) in [6, 6.07) is 8.36. The fraction of sp³-hybridized carbons (Fsp3) is 0.647. The van der Waals surface area contributed by atoms with Crippen molar-refractivity contribution in [1.82, 2.24) is 10.2 Å². The highest BCUT2D eigenvalue weighted by atomic mass is 16.5. The maximum atomic E-state index is 5.81. The Balaban J connectivity index is 1.69. The third-order valence-electron chi connectivity index (χ3n) is 3.53. The lowest BCUT2D eigenvalue weighted by atomic mass is 10.1. The maximum absolute atomic E-state index is 5.81. The highest BCUT2D eigenvalue weighted by Gasteiger charge is 2.10. The van der Waals surface area contributed by atoms with Gasteiger partial charge in [0, 0.05) is 31.7 Å². The molecule has 1 fully saturated rings. The van der Waals surface area contributed by atoms with Crippen molar-refractivity contribution >= 4 is 0 Å². The summed E-state index contributed by atoms with van der Waals surface area (Å²) in [7, 11) is 0. The molecule has 2 rings (SSSR count). The molecule has 0 radical (unpaired) electrons. The molecule has 0 unspecified atom stereocenters. The van der Waals surface area contributed by atoms with Crippen LogP contribution in [0.2, 0.25) is 0 Å². The van der Waals surface area contributed by atoms with Gasteiger partial charge >= 0.3 is 0 Å². The Bertz CT molecular complexity index is 406. The minimum absolute atomic E-state index is 0.146. The molecule has 0 aliphatic carbocycles. The number of ether oxygens (including phenoxy) is 2. The lowest BCUT2D eigenvalue weighted by Crippen LogP contribution is -2.38. The molecule has 1 aromatic rings. The normalized spacial score (nSPS) is 16.9. The van der Waals surface area contributed by atoms with Crippen molar-refractivity contribution in [3.05, 3.63) is 29.8 Å². The smallest absolute Gasteiger partial charge is 0.119 e. The Morgan fingerprint density at radius 1 is 1.14 bits per heavy atom. The van der Waals surface area contributed by atoms with Crippen LogP contribution in [0.1, 0.15) is 26.3 Å². The molecule has 0 spiro atoms. The van der Waals surface area contributed by atoms with Gasteiger partial charge in [0.15, 0.2) is 0 Å². The van der Waals surface area contributed by atoms with Crippen LogP contribution in [0.3, 0.4) is 0 Å². The van der Waals surface area contributed by atoms with E-state index >= 15 is 0 Å². The average Bonchev–Trinajstić information content (AvgIpc) is 2.47. The van der Waals surface area contributed by atoms with Crippen molar-refractivity contribution < 1.29 is 9.47 Å². The van der Waals surface area contributed by atoms with Crippen LogP contribution in [0, 0.1) is 0 Å². The van der Waals surface area contributed by atoms with E-state index in [1.807, 2.05) is 0 Å². The molecule has 0 atom stereocenters. The van der Waals surface area contributed by atoms with Gasteiger partial charge in [-0.2, -0.15) is 0 Å². The summed E-state index contributed by atoms with van der Waals surface area (Å²) in [6.45, 7) is 12.8. The summed E-state index contributed by atoms with van der Waals surface area (Å²) in [5.74, 6) is 0.947. The molecule has 0 saturated carbocycles. The van der Waals surface area contributed by atoms with E-state index in [2.05, 4.69) is 55.3 Å². The van der Waals surface area contributed by atoms with E-state index in [1.54, 1.807) is 0 Å². The molecule has 4 heteroatoms. The van der Waals surface area contributed by atoms with E-state index in [9.17, 15) is 0 Å². The Hall–Kier alpha value is -1.10. The SMILES string of the molecule is CC(C)(C)NCc1ccc(OCCN2CCOCC2)cc1. The standard InChI is InChI=1S/C17H28N2O2/c1-17(2,3)18-14-15-4-6-16(7-5-15)21-13-10-19-8-11-20-12-9-19/h4-7,18H,8-14H2,1-3H3. The van der Waals surface area contributed by atoms with Gasteiger partial charge in [-0.05, 0) is 38.5 Å². The molecule has 0 aromatic heterocycles. The first kappa shape index (κ1) is 16.3. The van der Waals surface area contributed by atoms with Crippen LogP contribution in [0.5, 0.6) is 5.75 Å². The third kappa shape index (κ3) is 6.46. The van der Waals surface area contributed by atoms with E-state index < -0.39 is 0 Å². The number of benzene rings is 1. The van der Waals surface area contributed by atoms with Crippen molar-refractivity contribution in [1.29, 1.82) is 0 Å². The molecular weight excluding hydrogens is 264 g/mol. The summed E-state index contributed by atoms with van der Waals surface area (Å²) in [5, 5.41) is 3.48. The van der Waals surface area contributed by atoms with E-state index in [4.69, 9.17) is 9.47 Å². The molecule has 1 N–H and O–H groups in total. The van der Waals surface area contributed by atoms with Gasteiger partial charge in [0.2, 0.25) is 0 Å². The minimum Gasteiger partial charge on any atom is -0.492 e. The summed E-state index contributed by atoms with van der Waals surface area (Å²) < 4.78 is 11.1. The highest BCUT2D eigenvalue weighted by Crippen LogP contribution is 2.13. The van der Waals surface area contributed by atoms with Gasteiger partial charge in [0.25, 0.3) is 0 Å². The van der Waals surface area contributed by atoms with E-state index in [-0.39, 0.29) is 5.54 Å². The van der Waals surface area contributed by atoms with Crippen LogP contribution in [0.25, 0.3) is 0 Å². The van der Waals surface area contributed by atoms with Crippen molar-refractivity contribution in [2.24, 2.45) is 0 Å². The Morgan fingerprint density at radius 3 is 2.43 bits per heavy atom. The second kappa shape index (κ2) is 7.78. The number of hydrogen-bond donors (Lipinski definition) is 1. The first-order valence-electron chi connectivity index (χ1n) is 7.80. The molecule has 1 aromatic carbocycles. The molecular formula is C17H28N2O2. The zero-order valence-corrected chi connectivity index (χ0v) is 13.5. The van der Waals surface area contributed by atoms with Gasteiger partial charge in [0.1, 0.15) is 12.4 Å². The molecule has 1 heterocycles. The number of rotatable bonds is 6. The van der Waals surface area contributed by atoms with Crippen molar-refractivity contribution in [2.75, 3.05) is 39.5 Å². The minimum atomic E-state index is 0.146. The molecule has 0 bridgehead atoms. The molecule has 1 aliphatic heterocycles. The molecule has 0 amide bonds. The van der Waals surface area contributed by atoms with Gasteiger partial charge in [-0.3, -0.25) is 4.90 Å². The quantitative estimate of drug-likeness (QED) is 0.872. The zero-order chi connectivity index (χ0) is 15.1. The van der Waals surface area contributed by atoms with Crippen LogP contribution in [-0.4, -0.2) is 49.9 Å². The van der Waals surface area contributed by atoms with Crippen LogP contribution >= 0.6 is 0 Å². The summed E-state index contributed by atoms with van der Waals surface area (Å²) >= 11 is 0. The predicted molar refractivity (Wildman–Crippen MR) is 85.8 cm³/mol. The molecule has 1 aliphatic rings. The largest absolute Gasteiger partial charge is 0.492 e. The molecule has 118 valence electrons. The topological polar surface area (TPSA) is 33.7 Å². The summed E-state index contributed by atoms with van der Waals surface area (Å²) in [6.07, 6.45) is 0. The van der Waals surface area contributed by atoms with Gasteiger partial charge in [-0.25, -0.2) is 0 Å². The van der Waals surface area contributed by atoms with Crippen LogP contribution in [-0.2, 0) is 11.3 Å². The van der Waals surface area contributed by atoms with Gasteiger partial charge in [-0.1, -0.05) is 12.1 Å². The first-order valence-corrected chi connectivity index (χ1v) is 7.80. The zero-order valence-electron chi connectivity index (χ0n) is 13.5. The maximum Gasteiger partial charge on any atom is 0.119 e. The average molecular weight is 292 g/mol. The second-order valence-corrected chi connectivity index (χ2v) is 6.55. The van der Waals surface area contributed by atoms with Gasteiger partial charge in [-0.15, -0.1) is 0 Å². The van der Waals surface area contributed by atoms with Crippen molar-refractivity contribution in [3.63, 3.8) is 0 Å². The number of nitrogens with zero attached hydrogens (tertiary/aromatic N) is 1. The Kier molecular flexibility index (Phi) is 6.03. The first-order chi connectivity index (χ1) is 10.0. The monoisotopic (exact) mass is 292 g/mol. The Morgan fingerprint density at radius 2 is 1.81 bits per heavy atom. The van der Waals surface area contributed by atoms with Crippen LogP contribution in [0.4, 0.5) is 0 Å². The van der Waals surface area contributed by atoms with Crippen molar-refractivity contribution in [3.8, 4) is 5.75 Å². The van der Waals surface area contributed by atoms with E-state index in [0.717, 1.165) is 51.7 Å². The Labute approximate surface area is 128 Å². The van der Waals surface area contributed by atoms with Crippen LogP contribution in [0.15, 0.2) is 24.3 Å².